The van der Waals surface area contributed by atoms with Gasteiger partial charge in [0.15, 0.2) is 0 Å². The Kier molecular flexibility index (Phi) is 3.32. The molecule has 0 spiro atoms. The Morgan fingerprint density at radius 2 is 2.33 bits per heavy atom. The number of unbranched alkanes of at least 4 members (excludes halogenated alkanes) is 1. The molecular weight excluding hydrogens is 148 g/mol. The molecule has 0 aliphatic carbocycles. The lowest BCUT2D eigenvalue weighted by Crippen LogP contribution is -2.01. The van der Waals surface area contributed by atoms with E-state index in [0.29, 0.717) is 6.04 Å². The minimum Gasteiger partial charge on any atom is -0.334 e. The molecule has 0 bridgehead atoms. The van der Waals surface area contributed by atoms with Crippen LogP contribution in [0.3, 0.4) is 0 Å². The quantitative estimate of drug-likeness (QED) is 0.672. The molecule has 1 unspecified atom stereocenters. The zero-order valence-corrected chi connectivity index (χ0v) is 8.25. The number of rotatable bonds is 4. The van der Waals surface area contributed by atoms with Crippen LogP contribution in [0.5, 0.6) is 0 Å². The van der Waals surface area contributed by atoms with Gasteiger partial charge in [0.1, 0.15) is 0 Å². The highest BCUT2D eigenvalue weighted by atomic mass is 15.1. The van der Waals surface area contributed by atoms with Crippen molar-refractivity contribution in [3.05, 3.63) is 18.2 Å². The minimum atomic E-state index is 0.603. The number of hydrogen-bond acceptors (Lipinski definition) is 1. The third-order valence-electron chi connectivity index (χ3n) is 2.22. The molecule has 2 nitrogen and oxygen atoms in total. The summed E-state index contributed by atoms with van der Waals surface area (Å²) in [6.45, 7) is 6.51. The third kappa shape index (κ3) is 2.36. The Hall–Kier alpha value is -0.790. The molecule has 0 aromatic carbocycles. The molecule has 0 radical (unpaired) electrons. The maximum Gasteiger partial charge on any atom is 0.0951 e. The Morgan fingerprint density at radius 1 is 1.58 bits per heavy atom. The summed E-state index contributed by atoms with van der Waals surface area (Å²) in [4.78, 5) is 4.21. The molecule has 1 atom stereocenters. The van der Waals surface area contributed by atoms with Crippen LogP contribution in [-0.4, -0.2) is 9.55 Å². The zero-order chi connectivity index (χ0) is 8.97. The van der Waals surface area contributed by atoms with E-state index in [-0.39, 0.29) is 0 Å². The standard InChI is InChI=1S/C10H18N2/c1-4-5-6-10(3)12-7-9(2)11-8-12/h7-8,10H,4-6H2,1-3H3. The van der Waals surface area contributed by atoms with Crippen molar-refractivity contribution in [2.75, 3.05) is 0 Å². The Balaban J connectivity index is 2.47. The van der Waals surface area contributed by atoms with Crippen LogP contribution >= 0.6 is 0 Å². The number of nitrogens with zero attached hydrogens (tertiary/aromatic N) is 2. The van der Waals surface area contributed by atoms with E-state index < -0.39 is 0 Å². The molecule has 1 heterocycles. The first kappa shape index (κ1) is 9.30. The van der Waals surface area contributed by atoms with E-state index in [1.807, 2.05) is 13.3 Å². The van der Waals surface area contributed by atoms with Crippen LogP contribution in [0, 0.1) is 6.92 Å². The molecule has 0 aliphatic rings. The number of aromatic nitrogens is 2. The van der Waals surface area contributed by atoms with Gasteiger partial charge in [0.25, 0.3) is 0 Å². The summed E-state index contributed by atoms with van der Waals surface area (Å²) in [6.07, 6.45) is 7.87. The molecule has 1 aromatic rings. The lowest BCUT2D eigenvalue weighted by atomic mass is 10.1. The summed E-state index contributed by atoms with van der Waals surface area (Å²) in [5.41, 5.74) is 1.11. The fourth-order valence-corrected chi connectivity index (χ4v) is 1.33. The first-order chi connectivity index (χ1) is 5.74. The number of aryl methyl sites for hydroxylation is 1. The van der Waals surface area contributed by atoms with Crippen molar-refractivity contribution in [1.29, 1.82) is 0 Å². The smallest absolute Gasteiger partial charge is 0.0951 e. The summed E-state index contributed by atoms with van der Waals surface area (Å²) >= 11 is 0. The highest BCUT2D eigenvalue weighted by molar-refractivity contribution is 4.93. The molecule has 2 heteroatoms. The van der Waals surface area contributed by atoms with Crippen molar-refractivity contribution in [2.24, 2.45) is 0 Å². The van der Waals surface area contributed by atoms with E-state index in [2.05, 4.69) is 29.6 Å². The van der Waals surface area contributed by atoms with Crippen LogP contribution in [0.25, 0.3) is 0 Å². The highest BCUT2D eigenvalue weighted by Gasteiger charge is 2.02. The lowest BCUT2D eigenvalue weighted by molar-refractivity contribution is 0.485. The van der Waals surface area contributed by atoms with E-state index in [4.69, 9.17) is 0 Å². The Bertz CT molecular complexity index is 227. The van der Waals surface area contributed by atoms with Gasteiger partial charge in [-0.2, -0.15) is 0 Å². The number of imidazole rings is 1. The summed E-state index contributed by atoms with van der Waals surface area (Å²) in [5, 5.41) is 0. The van der Waals surface area contributed by atoms with Crippen LogP contribution in [0.15, 0.2) is 12.5 Å². The normalized spacial score (nSPS) is 13.2. The monoisotopic (exact) mass is 166 g/mol. The van der Waals surface area contributed by atoms with Gasteiger partial charge in [0.2, 0.25) is 0 Å². The maximum atomic E-state index is 4.21. The van der Waals surface area contributed by atoms with Crippen LogP contribution in [0.4, 0.5) is 0 Å². The largest absolute Gasteiger partial charge is 0.334 e. The maximum absolute atomic E-state index is 4.21. The number of hydrogen-bond donors (Lipinski definition) is 0. The molecule has 0 fully saturated rings. The molecular formula is C10H18N2. The molecule has 68 valence electrons. The summed E-state index contributed by atoms with van der Waals surface area (Å²) in [7, 11) is 0. The van der Waals surface area contributed by atoms with Gasteiger partial charge in [0.05, 0.1) is 12.0 Å². The average molecular weight is 166 g/mol. The topological polar surface area (TPSA) is 17.8 Å². The van der Waals surface area contributed by atoms with Gasteiger partial charge in [-0.3, -0.25) is 0 Å². The van der Waals surface area contributed by atoms with E-state index in [9.17, 15) is 0 Å². The Morgan fingerprint density at radius 3 is 2.83 bits per heavy atom. The Labute approximate surface area is 74.6 Å². The van der Waals surface area contributed by atoms with Gasteiger partial charge in [-0.05, 0) is 20.3 Å². The van der Waals surface area contributed by atoms with Crippen molar-refractivity contribution in [3.8, 4) is 0 Å². The minimum absolute atomic E-state index is 0.603. The SMILES string of the molecule is CCCCC(C)n1cnc(C)c1. The molecule has 0 amide bonds. The summed E-state index contributed by atoms with van der Waals surface area (Å²) in [6, 6.07) is 0.603. The van der Waals surface area contributed by atoms with Gasteiger partial charge in [-0.25, -0.2) is 4.98 Å². The van der Waals surface area contributed by atoms with Crippen LogP contribution < -0.4 is 0 Å². The van der Waals surface area contributed by atoms with Crippen molar-refractivity contribution in [3.63, 3.8) is 0 Å². The molecule has 1 aromatic heterocycles. The second-order valence-electron chi connectivity index (χ2n) is 3.45. The predicted molar refractivity (Wildman–Crippen MR) is 51.2 cm³/mol. The van der Waals surface area contributed by atoms with Crippen molar-refractivity contribution < 1.29 is 0 Å². The van der Waals surface area contributed by atoms with E-state index in [0.717, 1.165) is 5.69 Å². The van der Waals surface area contributed by atoms with E-state index >= 15 is 0 Å². The van der Waals surface area contributed by atoms with Gasteiger partial charge < -0.3 is 4.57 Å². The molecule has 0 saturated heterocycles. The lowest BCUT2D eigenvalue weighted by Gasteiger charge is -2.11. The second kappa shape index (κ2) is 4.29. The van der Waals surface area contributed by atoms with Crippen molar-refractivity contribution in [1.82, 2.24) is 9.55 Å². The molecule has 0 saturated carbocycles. The van der Waals surface area contributed by atoms with Gasteiger partial charge in [-0.1, -0.05) is 19.8 Å². The predicted octanol–water partition coefficient (Wildman–Crippen LogP) is 2.94. The molecule has 0 N–H and O–H groups in total. The van der Waals surface area contributed by atoms with E-state index in [1.165, 1.54) is 19.3 Å². The van der Waals surface area contributed by atoms with Crippen LogP contribution in [-0.2, 0) is 0 Å². The second-order valence-corrected chi connectivity index (χ2v) is 3.45. The van der Waals surface area contributed by atoms with Crippen LogP contribution in [0.1, 0.15) is 44.8 Å². The van der Waals surface area contributed by atoms with Crippen molar-refractivity contribution in [2.45, 2.75) is 46.1 Å². The van der Waals surface area contributed by atoms with Gasteiger partial charge in [0, 0.05) is 12.2 Å². The highest BCUT2D eigenvalue weighted by Crippen LogP contribution is 2.13. The summed E-state index contributed by atoms with van der Waals surface area (Å²) < 4.78 is 2.20. The summed E-state index contributed by atoms with van der Waals surface area (Å²) in [5.74, 6) is 0. The third-order valence-corrected chi connectivity index (χ3v) is 2.22. The first-order valence-electron chi connectivity index (χ1n) is 4.74. The first-order valence-corrected chi connectivity index (χ1v) is 4.74. The van der Waals surface area contributed by atoms with Crippen molar-refractivity contribution >= 4 is 0 Å². The fraction of sp³-hybridized carbons (Fsp3) is 0.700. The van der Waals surface area contributed by atoms with Gasteiger partial charge in [-0.15, -0.1) is 0 Å². The zero-order valence-electron chi connectivity index (χ0n) is 8.25. The average Bonchev–Trinajstić information content (AvgIpc) is 2.47. The van der Waals surface area contributed by atoms with Gasteiger partial charge >= 0.3 is 0 Å². The molecule has 1 rings (SSSR count). The molecule has 0 aliphatic heterocycles. The van der Waals surface area contributed by atoms with Crippen LogP contribution in [0.2, 0.25) is 0 Å². The molecule has 12 heavy (non-hydrogen) atoms. The fourth-order valence-electron chi connectivity index (χ4n) is 1.33. The van der Waals surface area contributed by atoms with E-state index in [1.54, 1.807) is 0 Å².